The highest BCUT2D eigenvalue weighted by Crippen LogP contribution is 2.28. The molecule has 1 heterocycles. The number of benzene rings is 1. The summed E-state index contributed by atoms with van der Waals surface area (Å²) in [6, 6.07) is 6.52. The minimum absolute atomic E-state index is 0.157. The van der Waals surface area contributed by atoms with Crippen molar-refractivity contribution in [3.05, 3.63) is 42.2 Å². The summed E-state index contributed by atoms with van der Waals surface area (Å²) in [5, 5.41) is 0. The molecule has 0 bridgehead atoms. The lowest BCUT2D eigenvalue weighted by Crippen LogP contribution is -2.24. The van der Waals surface area contributed by atoms with Crippen LogP contribution in [0.1, 0.15) is 77.2 Å². The van der Waals surface area contributed by atoms with Gasteiger partial charge in [0.1, 0.15) is 5.75 Å². The molecule has 1 aromatic heterocycles. The third-order valence-corrected chi connectivity index (χ3v) is 4.73. The van der Waals surface area contributed by atoms with E-state index in [4.69, 9.17) is 4.74 Å². The fraction of sp³-hybridized carbons (Fsp3) is 0.565. The van der Waals surface area contributed by atoms with Crippen LogP contribution >= 0.6 is 0 Å². The Hall–Kier alpha value is -2.04. The Labute approximate surface area is 167 Å². The lowest BCUT2D eigenvalue weighted by molar-refractivity contribution is -0.181. The summed E-state index contributed by atoms with van der Waals surface area (Å²) in [6.07, 6.45) is 10.0. The molecule has 1 aromatic carbocycles. The zero-order chi connectivity index (χ0) is 20.2. The van der Waals surface area contributed by atoms with Gasteiger partial charge in [0.25, 0.3) is 0 Å². The standard InChI is InChI=1S/C23H32F2N2O/c1-3-5-7-8-9-10-11-19-17-26-22(27-18-19)20-12-14-21(15-13-20)28-23(24,25)16-6-4-2/h12-15,17-18H,3-11,16H2,1-2H3. The van der Waals surface area contributed by atoms with E-state index >= 15 is 0 Å². The van der Waals surface area contributed by atoms with Crippen molar-refractivity contribution in [2.75, 3.05) is 0 Å². The zero-order valence-electron chi connectivity index (χ0n) is 17.1. The Bertz CT molecular complexity index is 672. The van der Waals surface area contributed by atoms with Crippen LogP contribution in [-0.2, 0) is 6.42 Å². The number of ether oxygens (including phenoxy) is 1. The molecule has 0 saturated carbocycles. The van der Waals surface area contributed by atoms with Gasteiger partial charge in [-0.3, -0.25) is 0 Å². The van der Waals surface area contributed by atoms with Crippen molar-refractivity contribution < 1.29 is 13.5 Å². The van der Waals surface area contributed by atoms with Gasteiger partial charge in [0, 0.05) is 18.0 Å². The lowest BCUT2D eigenvalue weighted by atomic mass is 10.1. The molecule has 0 aliphatic rings. The Morgan fingerprint density at radius 1 is 0.821 bits per heavy atom. The summed E-state index contributed by atoms with van der Waals surface area (Å²) in [5.74, 6) is 0.750. The molecule has 0 aliphatic heterocycles. The second kappa shape index (κ2) is 11.7. The molecule has 154 valence electrons. The van der Waals surface area contributed by atoms with Crippen LogP contribution in [-0.4, -0.2) is 16.1 Å². The minimum atomic E-state index is -3.13. The quantitative estimate of drug-likeness (QED) is 0.339. The maximum Gasteiger partial charge on any atom is 0.397 e. The molecular weight excluding hydrogens is 358 g/mol. The number of rotatable bonds is 13. The average molecular weight is 391 g/mol. The van der Waals surface area contributed by atoms with Gasteiger partial charge in [0.05, 0.1) is 6.42 Å². The molecule has 0 N–H and O–H groups in total. The van der Waals surface area contributed by atoms with E-state index in [1.54, 1.807) is 24.3 Å². The van der Waals surface area contributed by atoms with Gasteiger partial charge in [-0.2, -0.15) is 8.78 Å². The van der Waals surface area contributed by atoms with E-state index in [-0.39, 0.29) is 12.2 Å². The number of nitrogens with zero attached hydrogens (tertiary/aromatic N) is 2. The Morgan fingerprint density at radius 3 is 2.07 bits per heavy atom. The number of halogens is 2. The predicted octanol–water partition coefficient (Wildman–Crippen LogP) is 7.21. The van der Waals surface area contributed by atoms with E-state index in [1.165, 1.54) is 32.1 Å². The molecule has 2 aromatic rings. The van der Waals surface area contributed by atoms with Crippen LogP contribution in [0, 0.1) is 0 Å². The predicted molar refractivity (Wildman–Crippen MR) is 110 cm³/mol. The summed E-state index contributed by atoms with van der Waals surface area (Å²) >= 11 is 0. The van der Waals surface area contributed by atoms with Gasteiger partial charge < -0.3 is 4.74 Å². The van der Waals surface area contributed by atoms with Crippen molar-refractivity contribution in [1.82, 2.24) is 9.97 Å². The Kier molecular flexibility index (Phi) is 9.32. The number of unbranched alkanes of at least 4 members (excludes halogenated alkanes) is 6. The minimum Gasteiger partial charge on any atom is -0.433 e. The fourth-order valence-electron chi connectivity index (χ4n) is 3.02. The normalized spacial score (nSPS) is 11.6. The highest BCUT2D eigenvalue weighted by atomic mass is 19.3. The summed E-state index contributed by atoms with van der Waals surface area (Å²) in [6.45, 7) is 4.10. The van der Waals surface area contributed by atoms with Gasteiger partial charge in [-0.25, -0.2) is 9.97 Å². The molecule has 0 spiro atoms. The maximum absolute atomic E-state index is 13.7. The first-order valence-corrected chi connectivity index (χ1v) is 10.5. The van der Waals surface area contributed by atoms with Crippen molar-refractivity contribution in [3.63, 3.8) is 0 Å². The molecule has 0 radical (unpaired) electrons. The Morgan fingerprint density at radius 2 is 1.43 bits per heavy atom. The first-order chi connectivity index (χ1) is 13.5. The SMILES string of the molecule is CCCCCCCCc1cnc(-c2ccc(OC(F)(F)CCCC)cc2)nc1. The van der Waals surface area contributed by atoms with E-state index in [1.807, 2.05) is 19.3 Å². The summed E-state index contributed by atoms with van der Waals surface area (Å²) in [7, 11) is 0. The van der Waals surface area contributed by atoms with Crippen molar-refractivity contribution >= 4 is 0 Å². The molecule has 0 aliphatic carbocycles. The second-order valence-electron chi connectivity index (χ2n) is 7.30. The number of aromatic nitrogens is 2. The second-order valence-corrected chi connectivity index (χ2v) is 7.30. The van der Waals surface area contributed by atoms with E-state index in [0.29, 0.717) is 18.7 Å². The largest absolute Gasteiger partial charge is 0.433 e. The van der Waals surface area contributed by atoms with Crippen molar-refractivity contribution in [3.8, 4) is 17.1 Å². The average Bonchev–Trinajstić information content (AvgIpc) is 2.70. The lowest BCUT2D eigenvalue weighted by Gasteiger charge is -2.17. The van der Waals surface area contributed by atoms with Crippen LogP contribution in [0.3, 0.4) is 0 Å². The molecule has 28 heavy (non-hydrogen) atoms. The highest BCUT2D eigenvalue weighted by molar-refractivity contribution is 5.55. The zero-order valence-corrected chi connectivity index (χ0v) is 17.1. The molecular formula is C23H32F2N2O. The first-order valence-electron chi connectivity index (χ1n) is 10.5. The molecule has 0 atom stereocenters. The summed E-state index contributed by atoms with van der Waals surface area (Å²) < 4.78 is 32.2. The van der Waals surface area contributed by atoms with E-state index in [0.717, 1.165) is 24.0 Å². The number of hydrogen-bond acceptors (Lipinski definition) is 3. The van der Waals surface area contributed by atoms with Crippen LogP contribution in [0.25, 0.3) is 11.4 Å². The molecule has 0 fully saturated rings. The van der Waals surface area contributed by atoms with Crippen LogP contribution in [0.2, 0.25) is 0 Å². The van der Waals surface area contributed by atoms with Crippen molar-refractivity contribution in [2.45, 2.75) is 84.2 Å². The van der Waals surface area contributed by atoms with Gasteiger partial charge in [-0.1, -0.05) is 52.4 Å². The van der Waals surface area contributed by atoms with Gasteiger partial charge in [-0.05, 0) is 49.1 Å². The van der Waals surface area contributed by atoms with E-state index < -0.39 is 6.11 Å². The van der Waals surface area contributed by atoms with Crippen molar-refractivity contribution in [2.24, 2.45) is 0 Å². The molecule has 0 saturated heterocycles. The molecule has 0 unspecified atom stereocenters. The Balaban J connectivity index is 1.84. The van der Waals surface area contributed by atoms with Crippen LogP contribution in [0.5, 0.6) is 5.75 Å². The van der Waals surface area contributed by atoms with Crippen LogP contribution < -0.4 is 4.74 Å². The number of alkyl halides is 2. The van der Waals surface area contributed by atoms with Gasteiger partial charge in [-0.15, -0.1) is 0 Å². The van der Waals surface area contributed by atoms with E-state index in [9.17, 15) is 8.78 Å². The third kappa shape index (κ3) is 7.91. The number of aryl methyl sites for hydroxylation is 1. The summed E-state index contributed by atoms with van der Waals surface area (Å²) in [4.78, 5) is 8.84. The maximum atomic E-state index is 13.7. The smallest absolute Gasteiger partial charge is 0.397 e. The molecule has 2 rings (SSSR count). The van der Waals surface area contributed by atoms with Gasteiger partial charge >= 0.3 is 6.11 Å². The van der Waals surface area contributed by atoms with Gasteiger partial charge in [0.2, 0.25) is 0 Å². The van der Waals surface area contributed by atoms with E-state index in [2.05, 4.69) is 16.9 Å². The highest BCUT2D eigenvalue weighted by Gasteiger charge is 2.30. The van der Waals surface area contributed by atoms with Crippen molar-refractivity contribution in [1.29, 1.82) is 0 Å². The van der Waals surface area contributed by atoms with Crippen LogP contribution in [0.4, 0.5) is 8.78 Å². The van der Waals surface area contributed by atoms with Gasteiger partial charge in [0.15, 0.2) is 5.82 Å². The monoisotopic (exact) mass is 390 g/mol. The third-order valence-electron chi connectivity index (χ3n) is 4.73. The van der Waals surface area contributed by atoms with Crippen LogP contribution in [0.15, 0.2) is 36.7 Å². The molecule has 0 amide bonds. The topological polar surface area (TPSA) is 35.0 Å². The molecule has 5 heteroatoms. The fourth-order valence-corrected chi connectivity index (χ4v) is 3.02. The molecule has 3 nitrogen and oxygen atoms in total. The number of hydrogen-bond donors (Lipinski definition) is 0. The summed E-state index contributed by atoms with van der Waals surface area (Å²) in [5.41, 5.74) is 1.92. The first kappa shape index (κ1) is 22.3.